The monoisotopic (exact) mass is 221 g/mol. The highest BCUT2D eigenvalue weighted by Gasteiger charge is 2.05. The van der Waals surface area contributed by atoms with E-state index in [4.69, 9.17) is 0 Å². The normalized spacial score (nSPS) is 10.8. The highest BCUT2D eigenvalue weighted by Crippen LogP contribution is 2.11. The highest BCUT2D eigenvalue weighted by molar-refractivity contribution is 5.36. The molecule has 1 aromatic heterocycles. The fraction of sp³-hybridized carbons (Fsp3) is 0.692. The van der Waals surface area contributed by atoms with Crippen molar-refractivity contribution in [2.45, 2.75) is 47.0 Å². The minimum atomic E-state index is 0.638. The quantitative estimate of drug-likeness (QED) is 0.802. The third-order valence-electron chi connectivity index (χ3n) is 2.32. The van der Waals surface area contributed by atoms with Crippen molar-refractivity contribution < 1.29 is 0 Å². The molecule has 1 rings (SSSR count). The molecule has 1 heterocycles. The first-order chi connectivity index (χ1) is 7.65. The summed E-state index contributed by atoms with van der Waals surface area (Å²) in [5.74, 6) is 2.56. The topological polar surface area (TPSA) is 37.8 Å². The summed E-state index contributed by atoms with van der Waals surface area (Å²) in [6, 6.07) is 2.08. The van der Waals surface area contributed by atoms with E-state index in [1.54, 1.807) is 0 Å². The number of hydrogen-bond acceptors (Lipinski definition) is 3. The van der Waals surface area contributed by atoms with Gasteiger partial charge < -0.3 is 5.32 Å². The molecule has 0 amide bonds. The largest absolute Gasteiger partial charge is 0.370 e. The molecule has 0 aromatic carbocycles. The second-order valence-corrected chi connectivity index (χ2v) is 4.54. The Morgan fingerprint density at radius 1 is 1.25 bits per heavy atom. The fourth-order valence-corrected chi connectivity index (χ4v) is 1.58. The smallest absolute Gasteiger partial charge is 0.130 e. The lowest BCUT2D eigenvalue weighted by atomic mass is 10.1. The molecule has 0 saturated carbocycles. The molecule has 0 spiro atoms. The van der Waals surface area contributed by atoms with Crippen molar-refractivity contribution in [1.29, 1.82) is 0 Å². The molecule has 1 aromatic rings. The van der Waals surface area contributed by atoms with Crippen LogP contribution in [0.4, 0.5) is 5.82 Å². The zero-order valence-corrected chi connectivity index (χ0v) is 10.9. The van der Waals surface area contributed by atoms with Gasteiger partial charge in [0.05, 0.1) is 0 Å². The Bertz CT molecular complexity index is 321. The van der Waals surface area contributed by atoms with Crippen LogP contribution in [-0.4, -0.2) is 16.5 Å². The Labute approximate surface area is 98.7 Å². The molecule has 16 heavy (non-hydrogen) atoms. The third-order valence-corrected chi connectivity index (χ3v) is 2.32. The van der Waals surface area contributed by atoms with Gasteiger partial charge >= 0.3 is 0 Å². The van der Waals surface area contributed by atoms with E-state index in [0.717, 1.165) is 43.1 Å². The molecule has 0 saturated heterocycles. The maximum Gasteiger partial charge on any atom is 0.130 e. The van der Waals surface area contributed by atoms with Gasteiger partial charge in [-0.2, -0.15) is 0 Å². The molecule has 0 unspecified atom stereocenters. The van der Waals surface area contributed by atoms with Gasteiger partial charge in [-0.25, -0.2) is 9.97 Å². The van der Waals surface area contributed by atoms with Crippen LogP contribution in [0.25, 0.3) is 0 Å². The summed E-state index contributed by atoms with van der Waals surface area (Å²) in [7, 11) is 0. The summed E-state index contributed by atoms with van der Waals surface area (Å²) in [6.45, 7) is 9.66. The van der Waals surface area contributed by atoms with Crippen molar-refractivity contribution in [2.75, 3.05) is 11.9 Å². The van der Waals surface area contributed by atoms with E-state index in [0.29, 0.717) is 5.92 Å². The van der Waals surface area contributed by atoms with Crippen molar-refractivity contribution in [1.82, 2.24) is 9.97 Å². The van der Waals surface area contributed by atoms with Crippen molar-refractivity contribution in [3.05, 3.63) is 17.6 Å². The SMILES string of the molecule is CCCNc1cc(CC(C)C)nc(CC)n1. The molecule has 0 aliphatic carbocycles. The van der Waals surface area contributed by atoms with E-state index >= 15 is 0 Å². The Morgan fingerprint density at radius 2 is 2.00 bits per heavy atom. The van der Waals surface area contributed by atoms with Gasteiger partial charge in [0.25, 0.3) is 0 Å². The minimum absolute atomic E-state index is 0.638. The van der Waals surface area contributed by atoms with Crippen molar-refractivity contribution in [3.8, 4) is 0 Å². The molecule has 90 valence electrons. The standard InChI is InChI=1S/C13H23N3/c1-5-7-14-13-9-11(8-10(3)4)15-12(6-2)16-13/h9-10H,5-8H2,1-4H3,(H,14,15,16). The molecule has 0 aliphatic heterocycles. The molecule has 0 aliphatic rings. The van der Waals surface area contributed by atoms with Gasteiger partial charge in [-0.15, -0.1) is 0 Å². The van der Waals surface area contributed by atoms with Crippen LogP contribution in [0.1, 0.15) is 45.6 Å². The van der Waals surface area contributed by atoms with E-state index in [-0.39, 0.29) is 0 Å². The molecule has 3 nitrogen and oxygen atoms in total. The van der Waals surface area contributed by atoms with Crippen LogP contribution in [0.15, 0.2) is 6.07 Å². The minimum Gasteiger partial charge on any atom is -0.370 e. The van der Waals surface area contributed by atoms with E-state index < -0.39 is 0 Å². The summed E-state index contributed by atoms with van der Waals surface area (Å²) >= 11 is 0. The summed E-state index contributed by atoms with van der Waals surface area (Å²) in [6.07, 6.45) is 3.04. The first kappa shape index (κ1) is 12.9. The number of aryl methyl sites for hydroxylation is 1. The van der Waals surface area contributed by atoms with Gasteiger partial charge in [0.15, 0.2) is 0 Å². The molecule has 0 bridgehead atoms. The van der Waals surface area contributed by atoms with Gasteiger partial charge in [0.2, 0.25) is 0 Å². The summed E-state index contributed by atoms with van der Waals surface area (Å²) < 4.78 is 0. The summed E-state index contributed by atoms with van der Waals surface area (Å²) in [4.78, 5) is 9.02. The maximum atomic E-state index is 4.55. The van der Waals surface area contributed by atoms with Gasteiger partial charge in [0.1, 0.15) is 11.6 Å². The number of nitrogens with one attached hydrogen (secondary N) is 1. The van der Waals surface area contributed by atoms with Gasteiger partial charge in [-0.3, -0.25) is 0 Å². The Hall–Kier alpha value is -1.12. The molecule has 1 N–H and O–H groups in total. The number of hydrogen-bond donors (Lipinski definition) is 1. The van der Waals surface area contributed by atoms with Crippen LogP contribution < -0.4 is 5.32 Å². The first-order valence-electron chi connectivity index (χ1n) is 6.26. The van der Waals surface area contributed by atoms with Crippen molar-refractivity contribution in [2.24, 2.45) is 5.92 Å². The van der Waals surface area contributed by atoms with Crippen molar-refractivity contribution in [3.63, 3.8) is 0 Å². The lowest BCUT2D eigenvalue weighted by molar-refractivity contribution is 0.630. The predicted octanol–water partition coefficient (Wildman–Crippen LogP) is 3.06. The third kappa shape index (κ3) is 4.17. The maximum absolute atomic E-state index is 4.55. The van der Waals surface area contributed by atoms with Gasteiger partial charge in [-0.05, 0) is 18.8 Å². The molecule has 0 radical (unpaired) electrons. The molecular formula is C13H23N3. The van der Waals surface area contributed by atoms with Crippen LogP contribution in [0.2, 0.25) is 0 Å². The van der Waals surface area contributed by atoms with Crippen LogP contribution >= 0.6 is 0 Å². The van der Waals surface area contributed by atoms with Crippen LogP contribution in [0.5, 0.6) is 0 Å². The van der Waals surface area contributed by atoms with E-state index in [2.05, 4.69) is 49.0 Å². The molecule has 3 heteroatoms. The molecule has 0 fully saturated rings. The van der Waals surface area contributed by atoms with Crippen LogP contribution in [0.3, 0.4) is 0 Å². The molecular weight excluding hydrogens is 198 g/mol. The number of rotatable bonds is 6. The lowest BCUT2D eigenvalue weighted by Crippen LogP contribution is -2.08. The number of aromatic nitrogens is 2. The van der Waals surface area contributed by atoms with E-state index in [1.807, 2.05) is 0 Å². The van der Waals surface area contributed by atoms with Crippen LogP contribution in [-0.2, 0) is 12.8 Å². The number of nitrogens with zero attached hydrogens (tertiary/aromatic N) is 2. The average Bonchev–Trinajstić information content (AvgIpc) is 2.25. The first-order valence-corrected chi connectivity index (χ1v) is 6.26. The average molecular weight is 221 g/mol. The summed E-state index contributed by atoms with van der Waals surface area (Å²) in [5, 5.41) is 3.33. The zero-order valence-electron chi connectivity index (χ0n) is 10.9. The molecule has 0 atom stereocenters. The number of anilines is 1. The van der Waals surface area contributed by atoms with Crippen LogP contribution in [0, 0.1) is 5.92 Å². The fourth-order valence-electron chi connectivity index (χ4n) is 1.58. The highest BCUT2D eigenvalue weighted by atomic mass is 15.0. The predicted molar refractivity (Wildman–Crippen MR) is 68.7 cm³/mol. The van der Waals surface area contributed by atoms with Crippen molar-refractivity contribution >= 4 is 5.82 Å². The van der Waals surface area contributed by atoms with Gasteiger partial charge in [0, 0.05) is 24.7 Å². The Kier molecular flexibility index (Phi) is 5.23. The Balaban J connectivity index is 2.82. The second-order valence-electron chi connectivity index (χ2n) is 4.54. The second kappa shape index (κ2) is 6.46. The summed E-state index contributed by atoms with van der Waals surface area (Å²) in [5.41, 5.74) is 1.15. The van der Waals surface area contributed by atoms with E-state index in [1.165, 1.54) is 0 Å². The van der Waals surface area contributed by atoms with E-state index in [9.17, 15) is 0 Å². The zero-order chi connectivity index (χ0) is 12.0. The van der Waals surface area contributed by atoms with Gasteiger partial charge in [-0.1, -0.05) is 27.7 Å². The Morgan fingerprint density at radius 3 is 2.56 bits per heavy atom. The lowest BCUT2D eigenvalue weighted by Gasteiger charge is -2.10.